The number of benzene rings is 1. The van der Waals surface area contributed by atoms with E-state index in [9.17, 15) is 13.2 Å². The van der Waals surface area contributed by atoms with E-state index < -0.39 is 9.84 Å². The summed E-state index contributed by atoms with van der Waals surface area (Å²) in [5.74, 6) is 0.450. The fourth-order valence-electron chi connectivity index (χ4n) is 1.25. The van der Waals surface area contributed by atoms with Gasteiger partial charge >= 0.3 is 0 Å². The molecule has 0 saturated heterocycles. The Balaban J connectivity index is 2.60. The van der Waals surface area contributed by atoms with E-state index in [2.05, 4.69) is 17.9 Å². The van der Waals surface area contributed by atoms with Gasteiger partial charge in [0.1, 0.15) is 0 Å². The summed E-state index contributed by atoms with van der Waals surface area (Å²) in [6.07, 6.45) is 1.54. The minimum atomic E-state index is -3.16. The first-order chi connectivity index (χ1) is 7.93. The molecule has 0 aliphatic carbocycles. The first kappa shape index (κ1) is 14.1. The van der Waals surface area contributed by atoms with E-state index in [0.717, 1.165) is 11.8 Å². The Bertz CT molecular complexity index is 480. The summed E-state index contributed by atoms with van der Waals surface area (Å²) in [4.78, 5) is 11.5. The first-order valence-electron chi connectivity index (χ1n) is 5.10. The molecule has 94 valence electrons. The van der Waals surface area contributed by atoms with Crippen molar-refractivity contribution in [3.8, 4) is 0 Å². The van der Waals surface area contributed by atoms with E-state index in [4.69, 9.17) is 0 Å². The van der Waals surface area contributed by atoms with E-state index in [-0.39, 0.29) is 10.8 Å². The number of nitrogens with one attached hydrogen (secondary N) is 1. The van der Waals surface area contributed by atoms with Crippen molar-refractivity contribution in [1.29, 1.82) is 0 Å². The molecular weight excluding hydrogens is 258 g/mol. The maximum atomic E-state index is 11.2. The van der Waals surface area contributed by atoms with Gasteiger partial charge in [-0.1, -0.05) is 12.1 Å². The number of hydrogen-bond donors (Lipinski definition) is 2. The van der Waals surface area contributed by atoms with Crippen LogP contribution in [0.4, 0.5) is 0 Å². The van der Waals surface area contributed by atoms with Crippen molar-refractivity contribution in [1.82, 2.24) is 5.32 Å². The number of hydrogen-bond acceptors (Lipinski definition) is 4. The van der Waals surface area contributed by atoms with Gasteiger partial charge in [-0.2, -0.15) is 12.6 Å². The highest BCUT2D eigenvalue weighted by atomic mass is 32.2. The van der Waals surface area contributed by atoms with Crippen LogP contribution in [0.25, 0.3) is 0 Å². The minimum Gasteiger partial charge on any atom is -0.352 e. The van der Waals surface area contributed by atoms with Crippen molar-refractivity contribution in [2.45, 2.75) is 17.9 Å². The Morgan fingerprint density at radius 1 is 1.29 bits per heavy atom. The molecule has 1 amide bonds. The van der Waals surface area contributed by atoms with E-state index in [1.54, 1.807) is 12.1 Å². The van der Waals surface area contributed by atoms with Gasteiger partial charge in [-0.25, -0.2) is 8.42 Å². The normalized spacial score (nSPS) is 11.2. The van der Waals surface area contributed by atoms with Gasteiger partial charge in [0.15, 0.2) is 9.84 Å². The van der Waals surface area contributed by atoms with Crippen LogP contribution >= 0.6 is 12.6 Å². The number of amides is 1. The summed E-state index contributed by atoms with van der Waals surface area (Å²) < 4.78 is 22.4. The predicted octanol–water partition coefficient (Wildman–Crippen LogP) is 1.03. The zero-order chi connectivity index (χ0) is 12.9. The molecule has 1 N–H and O–H groups in total. The van der Waals surface area contributed by atoms with Gasteiger partial charge in [0, 0.05) is 19.2 Å². The smallest absolute Gasteiger partial charge is 0.221 e. The van der Waals surface area contributed by atoms with E-state index in [1.165, 1.54) is 12.1 Å². The SMILES string of the molecule is CS(=O)(=O)c1ccc(CNC(=O)CCS)cc1. The molecule has 1 aromatic carbocycles. The first-order valence-corrected chi connectivity index (χ1v) is 7.62. The van der Waals surface area contributed by atoms with Gasteiger partial charge in [-0.05, 0) is 23.4 Å². The van der Waals surface area contributed by atoms with Crippen molar-refractivity contribution in [3.05, 3.63) is 29.8 Å². The van der Waals surface area contributed by atoms with Crippen LogP contribution in [0, 0.1) is 0 Å². The van der Waals surface area contributed by atoms with Crippen LogP contribution in [0.1, 0.15) is 12.0 Å². The van der Waals surface area contributed by atoms with Crippen LogP contribution in [-0.2, 0) is 21.2 Å². The molecule has 17 heavy (non-hydrogen) atoms. The molecule has 0 spiro atoms. The van der Waals surface area contributed by atoms with E-state index in [1.807, 2.05) is 0 Å². The van der Waals surface area contributed by atoms with Crippen LogP contribution in [0.15, 0.2) is 29.2 Å². The molecule has 4 nitrogen and oxygen atoms in total. The lowest BCUT2D eigenvalue weighted by atomic mass is 10.2. The highest BCUT2D eigenvalue weighted by molar-refractivity contribution is 7.90. The Labute approximate surface area is 107 Å². The molecule has 0 aliphatic heterocycles. The highest BCUT2D eigenvalue weighted by Crippen LogP contribution is 2.10. The Morgan fingerprint density at radius 3 is 2.35 bits per heavy atom. The minimum absolute atomic E-state index is 0.0628. The van der Waals surface area contributed by atoms with Gasteiger partial charge in [0.2, 0.25) is 5.91 Å². The number of carbonyl (C=O) groups is 1. The van der Waals surface area contributed by atoms with Gasteiger partial charge < -0.3 is 5.32 Å². The number of carbonyl (C=O) groups excluding carboxylic acids is 1. The van der Waals surface area contributed by atoms with Crippen LogP contribution in [0.2, 0.25) is 0 Å². The third kappa shape index (κ3) is 4.79. The molecule has 0 aromatic heterocycles. The summed E-state index contributed by atoms with van der Waals surface area (Å²) in [5.41, 5.74) is 0.866. The summed E-state index contributed by atoms with van der Waals surface area (Å²) >= 11 is 3.96. The molecule has 0 saturated carbocycles. The fourth-order valence-corrected chi connectivity index (χ4v) is 2.08. The summed E-state index contributed by atoms with van der Waals surface area (Å²) in [7, 11) is -3.16. The molecule has 1 aromatic rings. The maximum Gasteiger partial charge on any atom is 0.221 e. The average molecular weight is 273 g/mol. The fraction of sp³-hybridized carbons (Fsp3) is 0.364. The maximum absolute atomic E-state index is 11.2. The van der Waals surface area contributed by atoms with E-state index in [0.29, 0.717) is 18.7 Å². The Kier molecular flexibility index (Phi) is 5.02. The monoisotopic (exact) mass is 273 g/mol. The largest absolute Gasteiger partial charge is 0.352 e. The molecule has 0 heterocycles. The van der Waals surface area contributed by atoms with Crippen LogP contribution < -0.4 is 5.32 Å². The highest BCUT2D eigenvalue weighted by Gasteiger charge is 2.06. The van der Waals surface area contributed by atoms with Crippen molar-refractivity contribution < 1.29 is 13.2 Å². The second-order valence-corrected chi connectivity index (χ2v) is 6.13. The second-order valence-electron chi connectivity index (χ2n) is 3.67. The molecular formula is C11H15NO3S2. The molecule has 0 unspecified atom stereocenters. The Hall–Kier alpha value is -1.01. The molecule has 0 fully saturated rings. The molecule has 0 atom stereocenters. The molecule has 0 bridgehead atoms. The molecule has 1 rings (SSSR count). The lowest BCUT2D eigenvalue weighted by Gasteiger charge is -2.05. The molecule has 0 radical (unpaired) electrons. The standard InChI is InChI=1S/C11H15NO3S2/c1-17(14,15)10-4-2-9(3-5-10)8-12-11(13)6-7-16/h2-5,16H,6-8H2,1H3,(H,12,13). The molecule has 0 aliphatic rings. The van der Waals surface area contributed by atoms with Crippen molar-refractivity contribution in [2.24, 2.45) is 0 Å². The number of rotatable bonds is 5. The zero-order valence-electron chi connectivity index (χ0n) is 9.51. The average Bonchev–Trinajstić information content (AvgIpc) is 2.26. The quantitative estimate of drug-likeness (QED) is 0.788. The summed E-state index contributed by atoms with van der Waals surface area (Å²) in [5, 5.41) is 2.72. The topological polar surface area (TPSA) is 63.2 Å². The van der Waals surface area contributed by atoms with Crippen molar-refractivity contribution in [3.63, 3.8) is 0 Å². The van der Waals surface area contributed by atoms with Gasteiger partial charge in [0.25, 0.3) is 0 Å². The number of sulfone groups is 1. The molecule has 6 heteroatoms. The third-order valence-electron chi connectivity index (χ3n) is 2.18. The summed E-state index contributed by atoms with van der Waals surface area (Å²) in [6, 6.07) is 6.46. The zero-order valence-corrected chi connectivity index (χ0v) is 11.2. The predicted molar refractivity (Wildman–Crippen MR) is 69.9 cm³/mol. The van der Waals surface area contributed by atoms with Crippen molar-refractivity contribution in [2.75, 3.05) is 12.0 Å². The lowest BCUT2D eigenvalue weighted by Crippen LogP contribution is -2.22. The Morgan fingerprint density at radius 2 is 1.88 bits per heavy atom. The van der Waals surface area contributed by atoms with Gasteiger partial charge in [-0.3, -0.25) is 4.79 Å². The number of thiol groups is 1. The van der Waals surface area contributed by atoms with Crippen molar-refractivity contribution >= 4 is 28.4 Å². The summed E-state index contributed by atoms with van der Waals surface area (Å²) in [6.45, 7) is 0.399. The van der Waals surface area contributed by atoms with Crippen LogP contribution in [0.5, 0.6) is 0 Å². The van der Waals surface area contributed by atoms with E-state index >= 15 is 0 Å². The third-order valence-corrected chi connectivity index (χ3v) is 3.53. The van der Waals surface area contributed by atoms with Crippen LogP contribution in [-0.4, -0.2) is 26.3 Å². The lowest BCUT2D eigenvalue weighted by molar-refractivity contribution is -0.120. The van der Waals surface area contributed by atoms with Gasteiger partial charge in [0.05, 0.1) is 4.90 Å². The second kappa shape index (κ2) is 6.07. The van der Waals surface area contributed by atoms with Crippen LogP contribution in [0.3, 0.4) is 0 Å². The van der Waals surface area contributed by atoms with Gasteiger partial charge in [-0.15, -0.1) is 0 Å².